The van der Waals surface area contributed by atoms with Crippen molar-refractivity contribution in [3.63, 3.8) is 0 Å². The Hall–Kier alpha value is -3.02. The van der Waals surface area contributed by atoms with Crippen LogP contribution in [-0.2, 0) is 16.1 Å². The highest BCUT2D eigenvalue weighted by atomic mass is 16.5. The Balaban J connectivity index is 2.00. The number of hydrogen-bond donors (Lipinski definition) is 1. The largest absolute Gasteiger partial charge is 0.497 e. The molecule has 6 nitrogen and oxygen atoms in total. The predicted molar refractivity (Wildman–Crippen MR) is 127 cm³/mol. The van der Waals surface area contributed by atoms with Crippen LogP contribution in [0.1, 0.15) is 50.7 Å². The van der Waals surface area contributed by atoms with Gasteiger partial charge in [0.1, 0.15) is 17.5 Å². The third kappa shape index (κ3) is 8.25. The van der Waals surface area contributed by atoms with Gasteiger partial charge in [0, 0.05) is 19.5 Å². The van der Waals surface area contributed by atoms with E-state index in [1.807, 2.05) is 55.5 Å². The fourth-order valence-corrected chi connectivity index (χ4v) is 3.28. The number of unbranched alkanes of at least 4 members (excludes halogenated alkanes) is 1. The number of carbonyl (C=O) groups is 2. The Bertz CT molecular complexity index is 851. The Morgan fingerprint density at radius 3 is 2.50 bits per heavy atom. The summed E-state index contributed by atoms with van der Waals surface area (Å²) in [6, 6.07) is 14.8. The first kappa shape index (κ1) is 25.2. The van der Waals surface area contributed by atoms with Crippen molar-refractivity contribution in [2.24, 2.45) is 0 Å². The van der Waals surface area contributed by atoms with Gasteiger partial charge in [-0.05, 0) is 56.5 Å². The molecule has 0 fully saturated rings. The van der Waals surface area contributed by atoms with Crippen molar-refractivity contribution in [1.82, 2.24) is 10.2 Å². The molecule has 1 N–H and O–H groups in total. The number of benzene rings is 2. The van der Waals surface area contributed by atoms with E-state index >= 15 is 0 Å². The van der Waals surface area contributed by atoms with E-state index in [2.05, 4.69) is 12.2 Å². The molecule has 174 valence electrons. The van der Waals surface area contributed by atoms with Crippen LogP contribution in [0.15, 0.2) is 48.5 Å². The molecule has 0 heterocycles. The second-order valence-electron chi connectivity index (χ2n) is 7.96. The molecule has 2 aromatic carbocycles. The van der Waals surface area contributed by atoms with Gasteiger partial charge in [0.25, 0.3) is 0 Å². The molecular weight excluding hydrogens is 404 g/mol. The summed E-state index contributed by atoms with van der Waals surface area (Å²) in [6.45, 7) is 7.29. The maximum Gasteiger partial charge on any atom is 0.242 e. The molecule has 0 radical (unpaired) electrons. The molecule has 0 aliphatic carbocycles. The molecule has 0 saturated carbocycles. The standard InChI is InChI=1S/C26H36N2O4/c1-5-6-16-27-26(30)21(3)28(19-22-9-7-10-24(18-22)31-4)25(29)11-8-17-32-23-14-12-20(2)13-15-23/h7,9-10,12-15,18,21H,5-6,8,11,16-17,19H2,1-4H3,(H,27,30)/t21-/m0/s1. The van der Waals surface area contributed by atoms with Crippen LogP contribution in [0, 0.1) is 6.92 Å². The molecule has 2 aromatic rings. The van der Waals surface area contributed by atoms with Gasteiger partial charge in [-0.3, -0.25) is 9.59 Å². The van der Waals surface area contributed by atoms with E-state index in [-0.39, 0.29) is 11.8 Å². The normalized spacial score (nSPS) is 11.5. The zero-order chi connectivity index (χ0) is 23.3. The van der Waals surface area contributed by atoms with E-state index in [9.17, 15) is 9.59 Å². The van der Waals surface area contributed by atoms with Crippen molar-refractivity contribution in [3.8, 4) is 11.5 Å². The van der Waals surface area contributed by atoms with Gasteiger partial charge in [-0.2, -0.15) is 0 Å². The third-order valence-electron chi connectivity index (χ3n) is 5.31. The summed E-state index contributed by atoms with van der Waals surface area (Å²) in [4.78, 5) is 27.4. The number of aryl methyl sites for hydroxylation is 1. The van der Waals surface area contributed by atoms with Gasteiger partial charge in [-0.15, -0.1) is 0 Å². The van der Waals surface area contributed by atoms with Crippen molar-refractivity contribution in [1.29, 1.82) is 0 Å². The van der Waals surface area contributed by atoms with E-state index < -0.39 is 6.04 Å². The van der Waals surface area contributed by atoms with E-state index in [0.717, 1.165) is 29.9 Å². The summed E-state index contributed by atoms with van der Waals surface area (Å²) in [7, 11) is 1.61. The number of amides is 2. The summed E-state index contributed by atoms with van der Waals surface area (Å²) in [6.07, 6.45) is 2.80. The maximum absolute atomic E-state index is 13.1. The minimum Gasteiger partial charge on any atom is -0.497 e. The minimum atomic E-state index is -0.566. The average Bonchev–Trinajstić information content (AvgIpc) is 2.81. The topological polar surface area (TPSA) is 67.9 Å². The quantitative estimate of drug-likeness (QED) is 0.466. The lowest BCUT2D eigenvalue weighted by Crippen LogP contribution is -2.47. The Morgan fingerprint density at radius 1 is 1.06 bits per heavy atom. The maximum atomic E-state index is 13.1. The van der Waals surface area contributed by atoms with Crippen molar-refractivity contribution in [2.45, 2.75) is 59.0 Å². The zero-order valence-corrected chi connectivity index (χ0v) is 19.7. The molecule has 0 saturated heterocycles. The van der Waals surface area contributed by atoms with Crippen molar-refractivity contribution < 1.29 is 19.1 Å². The zero-order valence-electron chi connectivity index (χ0n) is 19.7. The summed E-state index contributed by atoms with van der Waals surface area (Å²) in [5, 5.41) is 2.94. The molecular formula is C26H36N2O4. The van der Waals surface area contributed by atoms with Crippen LogP contribution in [0.5, 0.6) is 11.5 Å². The Labute approximate surface area is 191 Å². The number of hydrogen-bond acceptors (Lipinski definition) is 4. The van der Waals surface area contributed by atoms with Crippen LogP contribution < -0.4 is 14.8 Å². The molecule has 1 atom stereocenters. The second-order valence-corrected chi connectivity index (χ2v) is 7.96. The summed E-state index contributed by atoms with van der Waals surface area (Å²) in [5.74, 6) is 1.31. The van der Waals surface area contributed by atoms with E-state index in [4.69, 9.17) is 9.47 Å². The number of rotatable bonds is 13. The van der Waals surface area contributed by atoms with Gasteiger partial charge >= 0.3 is 0 Å². The number of nitrogens with one attached hydrogen (secondary N) is 1. The van der Waals surface area contributed by atoms with Gasteiger partial charge in [-0.25, -0.2) is 0 Å². The molecule has 0 spiro atoms. The number of ether oxygens (including phenoxy) is 2. The fraction of sp³-hybridized carbons (Fsp3) is 0.462. The average molecular weight is 441 g/mol. The van der Waals surface area contributed by atoms with Gasteiger partial charge in [0.2, 0.25) is 11.8 Å². The molecule has 0 bridgehead atoms. The number of nitrogens with zero attached hydrogens (tertiary/aromatic N) is 1. The number of methoxy groups -OCH3 is 1. The molecule has 0 aliphatic rings. The minimum absolute atomic E-state index is 0.0709. The highest BCUT2D eigenvalue weighted by Gasteiger charge is 2.25. The summed E-state index contributed by atoms with van der Waals surface area (Å²) < 4.78 is 11.0. The molecule has 0 aliphatic heterocycles. The second kappa shape index (κ2) is 13.4. The third-order valence-corrected chi connectivity index (χ3v) is 5.31. The van der Waals surface area contributed by atoms with E-state index in [1.54, 1.807) is 18.9 Å². The summed E-state index contributed by atoms with van der Waals surface area (Å²) in [5.41, 5.74) is 2.09. The molecule has 6 heteroatoms. The van der Waals surface area contributed by atoms with Crippen LogP contribution in [-0.4, -0.2) is 43.0 Å². The van der Waals surface area contributed by atoms with E-state index in [0.29, 0.717) is 32.5 Å². The summed E-state index contributed by atoms with van der Waals surface area (Å²) >= 11 is 0. The van der Waals surface area contributed by atoms with Crippen LogP contribution in [0.4, 0.5) is 0 Å². The monoisotopic (exact) mass is 440 g/mol. The van der Waals surface area contributed by atoms with Crippen molar-refractivity contribution in [3.05, 3.63) is 59.7 Å². The first-order chi connectivity index (χ1) is 15.4. The van der Waals surface area contributed by atoms with Crippen molar-refractivity contribution >= 4 is 11.8 Å². The highest BCUT2D eigenvalue weighted by Crippen LogP contribution is 2.17. The van der Waals surface area contributed by atoms with Gasteiger partial charge in [0.15, 0.2) is 0 Å². The smallest absolute Gasteiger partial charge is 0.242 e. The van der Waals surface area contributed by atoms with Crippen LogP contribution in [0.25, 0.3) is 0 Å². The van der Waals surface area contributed by atoms with Crippen LogP contribution in [0.3, 0.4) is 0 Å². The first-order valence-electron chi connectivity index (χ1n) is 11.3. The van der Waals surface area contributed by atoms with Crippen LogP contribution >= 0.6 is 0 Å². The van der Waals surface area contributed by atoms with Crippen molar-refractivity contribution in [2.75, 3.05) is 20.3 Å². The molecule has 0 unspecified atom stereocenters. The van der Waals surface area contributed by atoms with Gasteiger partial charge < -0.3 is 19.7 Å². The predicted octanol–water partition coefficient (Wildman–Crippen LogP) is 4.50. The van der Waals surface area contributed by atoms with Crippen LogP contribution in [0.2, 0.25) is 0 Å². The lowest BCUT2D eigenvalue weighted by Gasteiger charge is -2.29. The van der Waals surface area contributed by atoms with Gasteiger partial charge in [-0.1, -0.05) is 43.2 Å². The fourth-order valence-electron chi connectivity index (χ4n) is 3.28. The van der Waals surface area contributed by atoms with Gasteiger partial charge in [0.05, 0.1) is 13.7 Å². The SMILES string of the molecule is CCCCNC(=O)[C@H](C)N(Cc1cccc(OC)c1)C(=O)CCCOc1ccc(C)cc1. The lowest BCUT2D eigenvalue weighted by atomic mass is 10.1. The number of carbonyl (C=O) groups excluding carboxylic acids is 2. The Kier molecular flexibility index (Phi) is 10.6. The van der Waals surface area contributed by atoms with E-state index in [1.165, 1.54) is 5.56 Å². The molecule has 2 amide bonds. The molecule has 32 heavy (non-hydrogen) atoms. The molecule has 0 aromatic heterocycles. The Morgan fingerprint density at radius 2 is 1.81 bits per heavy atom. The highest BCUT2D eigenvalue weighted by molar-refractivity contribution is 5.87. The lowest BCUT2D eigenvalue weighted by molar-refractivity contribution is -0.140. The first-order valence-corrected chi connectivity index (χ1v) is 11.3. The molecule has 2 rings (SSSR count).